The summed E-state index contributed by atoms with van der Waals surface area (Å²) in [7, 11) is 0. The fourth-order valence-corrected chi connectivity index (χ4v) is 3.34. The highest BCUT2D eigenvalue weighted by Crippen LogP contribution is 2.25. The minimum Gasteiger partial charge on any atom is -0.394 e. The van der Waals surface area contributed by atoms with E-state index < -0.39 is 41.4 Å². The Morgan fingerprint density at radius 3 is 2.28 bits per heavy atom. The summed E-state index contributed by atoms with van der Waals surface area (Å²) in [4.78, 5) is 10.7. The second-order valence-corrected chi connectivity index (χ2v) is 8.80. The van der Waals surface area contributed by atoms with Gasteiger partial charge in [-0.05, 0) is 30.4 Å². The van der Waals surface area contributed by atoms with Crippen LogP contribution in [0.25, 0.3) is 0 Å². The van der Waals surface area contributed by atoms with Crippen LogP contribution in [0.15, 0.2) is 35.4 Å². The van der Waals surface area contributed by atoms with Gasteiger partial charge in [0.05, 0.1) is 18.3 Å². The summed E-state index contributed by atoms with van der Waals surface area (Å²) in [6.07, 6.45) is 0.512. The Balaban J connectivity index is 0. The number of thiocarbonyl (C=S) groups is 1. The minimum absolute atomic E-state index is 0. The summed E-state index contributed by atoms with van der Waals surface area (Å²) >= 11 is 4.29. The van der Waals surface area contributed by atoms with Crippen molar-refractivity contribution in [1.82, 2.24) is 5.32 Å². The van der Waals surface area contributed by atoms with Crippen LogP contribution < -0.4 is 16.1 Å². The Hall–Kier alpha value is -2.50. The molecular weight excluding hydrogens is 498 g/mol. The van der Waals surface area contributed by atoms with Crippen molar-refractivity contribution in [1.29, 1.82) is 0 Å². The number of hydrogen-bond donors (Lipinski definition) is 4. The molecule has 1 aromatic rings. The normalized spacial score (nSPS) is 16.1. The first kappa shape index (κ1) is 33.5. The van der Waals surface area contributed by atoms with E-state index in [0.717, 1.165) is 12.1 Å². The number of halogens is 4. The minimum atomic E-state index is -2.86. The Morgan fingerprint density at radius 1 is 1.28 bits per heavy atom. The summed E-state index contributed by atoms with van der Waals surface area (Å²) in [6, 6.07) is 1.53. The number of benzene rings is 1. The van der Waals surface area contributed by atoms with Gasteiger partial charge in [-0.1, -0.05) is 58.5 Å². The maximum absolute atomic E-state index is 13.2. The van der Waals surface area contributed by atoms with Gasteiger partial charge in [-0.3, -0.25) is 15.1 Å². The molecule has 0 spiro atoms. The molecule has 0 heterocycles. The fraction of sp³-hybridized carbons (Fsp3) is 0.520. The van der Waals surface area contributed by atoms with Gasteiger partial charge in [-0.15, -0.1) is 0 Å². The third-order valence-electron chi connectivity index (χ3n) is 4.91. The number of carbonyl (C=O) groups is 1. The highest BCUT2D eigenvalue weighted by atomic mass is 32.1. The van der Waals surface area contributed by atoms with Crippen molar-refractivity contribution in [2.75, 3.05) is 23.9 Å². The number of nitrogens with two attached hydrogens (primary N) is 1. The van der Waals surface area contributed by atoms with Crippen LogP contribution in [0.2, 0.25) is 0 Å². The van der Waals surface area contributed by atoms with Gasteiger partial charge in [0.15, 0.2) is 17.4 Å². The lowest BCUT2D eigenvalue weighted by molar-refractivity contribution is -0.115. The molecule has 6 nitrogen and oxygen atoms in total. The van der Waals surface area contributed by atoms with E-state index in [1.54, 1.807) is 0 Å². The molecule has 0 fully saturated rings. The van der Waals surface area contributed by atoms with Crippen molar-refractivity contribution in [3.8, 4) is 0 Å². The quantitative estimate of drug-likeness (QED) is 0.154. The zero-order valence-electron chi connectivity index (χ0n) is 21.5. The number of nitrogen functional groups attached to an aromatic ring is 1. The molecule has 0 saturated heterocycles. The van der Waals surface area contributed by atoms with E-state index in [4.69, 9.17) is 5.73 Å². The third-order valence-corrected chi connectivity index (χ3v) is 5.23. The number of nitrogens with one attached hydrogen (secondary N) is 1. The Labute approximate surface area is 217 Å². The van der Waals surface area contributed by atoms with Crippen molar-refractivity contribution in [3.63, 3.8) is 0 Å². The number of aliphatic hydroxyl groups excluding tert-OH is 1. The first-order chi connectivity index (χ1) is 16.7. The Bertz CT molecular complexity index is 923. The lowest BCUT2D eigenvalue weighted by Gasteiger charge is -2.21. The molecule has 0 amide bonds. The summed E-state index contributed by atoms with van der Waals surface area (Å²) in [5, 5.41) is 21.6. The average Bonchev–Trinajstić information content (AvgIpc) is 2.93. The van der Waals surface area contributed by atoms with Gasteiger partial charge in [0.2, 0.25) is 0 Å². The van der Waals surface area contributed by atoms with Crippen molar-refractivity contribution in [2.24, 2.45) is 11.8 Å². The molecule has 1 aliphatic carbocycles. The van der Waals surface area contributed by atoms with Gasteiger partial charge >= 0.3 is 0 Å². The first-order valence-electron chi connectivity index (χ1n) is 11.6. The smallest absolute Gasteiger partial charge is 0.288 e. The molecular formula is C25H39F4N3O3S. The third kappa shape index (κ3) is 11.5. The highest BCUT2D eigenvalue weighted by molar-refractivity contribution is 7.80. The molecule has 0 bridgehead atoms. The average molecular weight is 538 g/mol. The van der Waals surface area contributed by atoms with Crippen LogP contribution in [0, 0.1) is 23.5 Å². The van der Waals surface area contributed by atoms with Gasteiger partial charge in [0, 0.05) is 26.5 Å². The second kappa shape index (κ2) is 16.3. The van der Waals surface area contributed by atoms with Gasteiger partial charge in [-0.2, -0.15) is 0 Å². The number of hydroxylamine groups is 1. The number of aliphatic hydroxyl groups is 1. The maximum Gasteiger partial charge on any atom is 0.288 e. The Kier molecular flexibility index (Phi) is 15.2. The highest BCUT2D eigenvalue weighted by Gasteiger charge is 2.17. The number of hydrogen-bond acceptors (Lipinski definition) is 6. The maximum atomic E-state index is 13.2. The van der Waals surface area contributed by atoms with E-state index in [0.29, 0.717) is 23.3 Å². The molecule has 1 unspecified atom stereocenters. The summed E-state index contributed by atoms with van der Waals surface area (Å²) in [5.74, 6) is -1.04. The molecule has 0 aliphatic heterocycles. The zero-order valence-corrected chi connectivity index (χ0v) is 22.3. The van der Waals surface area contributed by atoms with Crippen LogP contribution in [0.1, 0.15) is 49.4 Å². The van der Waals surface area contributed by atoms with E-state index in [1.807, 2.05) is 19.9 Å². The molecule has 1 aromatic carbocycles. The van der Waals surface area contributed by atoms with Gasteiger partial charge < -0.3 is 16.2 Å². The van der Waals surface area contributed by atoms with Crippen molar-refractivity contribution in [2.45, 2.75) is 60.5 Å². The summed E-state index contributed by atoms with van der Waals surface area (Å²) < 4.78 is 50.6. The molecule has 0 radical (unpaired) electrons. The van der Waals surface area contributed by atoms with E-state index >= 15 is 0 Å². The number of rotatable bonds is 7. The molecule has 1 aliphatic rings. The molecule has 2 rings (SSSR count). The largest absolute Gasteiger partial charge is 0.394 e. The molecule has 11 heteroatoms. The van der Waals surface area contributed by atoms with Crippen LogP contribution in [0.5, 0.6) is 0 Å². The predicted octanol–water partition coefficient (Wildman–Crippen LogP) is 5.68. The van der Waals surface area contributed by atoms with Crippen LogP contribution in [0.4, 0.5) is 28.9 Å². The first-order valence-corrected chi connectivity index (χ1v) is 12.0. The van der Waals surface area contributed by atoms with Crippen LogP contribution >= 0.6 is 12.2 Å². The van der Waals surface area contributed by atoms with E-state index in [1.165, 1.54) is 11.1 Å². The number of allylic oxidation sites excluding steroid dienone is 4. The van der Waals surface area contributed by atoms with Crippen molar-refractivity contribution in [3.05, 3.63) is 47.1 Å². The number of anilines is 2. The summed E-state index contributed by atoms with van der Waals surface area (Å²) in [5.41, 5.74) is 6.56. The second-order valence-electron chi connectivity index (χ2n) is 8.36. The molecule has 0 aromatic heterocycles. The molecule has 0 saturated carbocycles. The van der Waals surface area contributed by atoms with Gasteiger partial charge in [0.25, 0.3) is 6.43 Å². The Morgan fingerprint density at radius 2 is 1.81 bits per heavy atom. The van der Waals surface area contributed by atoms with E-state index in [2.05, 4.69) is 51.3 Å². The monoisotopic (exact) mass is 537 g/mol. The standard InChI is InChI=1S/C12H18O.C11H13F4N3O2S.C2H6.H2/c1-8(2)12-7-11(13)6-9(3)5-10(12)4;12-7-1-5(2-8(13)9(7)16)18(20)4-6(19)3-17-11(21)10(14)15;1-2;/h5,7-9H,6H2,1-4H3;1-2,6,10,19-20H,3-4,16H2,(H,17,21);1-2H3;1H/t;6-;;/m.0../s1. The molecule has 206 valence electrons. The summed E-state index contributed by atoms with van der Waals surface area (Å²) in [6.45, 7) is 11.6. The fourth-order valence-electron chi connectivity index (χ4n) is 3.25. The lowest BCUT2D eigenvalue weighted by atomic mass is 9.95. The topological polar surface area (TPSA) is 98.8 Å². The van der Waals surface area contributed by atoms with Crippen molar-refractivity contribution < 1.29 is 34.1 Å². The van der Waals surface area contributed by atoms with Crippen LogP contribution in [-0.2, 0) is 4.79 Å². The SMILES string of the molecule is CC.CC1=CC(C)CC(=O)C=C1C(C)C.Nc1c(F)cc(N(O)C[C@@H](O)CNC(=S)C(F)F)cc1F.[HH]. The molecule has 36 heavy (non-hydrogen) atoms. The van der Waals surface area contributed by atoms with Crippen LogP contribution in [0.3, 0.4) is 0 Å². The van der Waals surface area contributed by atoms with E-state index in [-0.39, 0.29) is 19.4 Å². The van der Waals surface area contributed by atoms with Crippen molar-refractivity contribution >= 4 is 34.4 Å². The molecule has 5 N–H and O–H groups in total. The lowest BCUT2D eigenvalue weighted by Crippen LogP contribution is -2.40. The van der Waals surface area contributed by atoms with Crippen LogP contribution in [-0.4, -0.2) is 46.7 Å². The van der Waals surface area contributed by atoms with Gasteiger partial charge in [-0.25, -0.2) is 17.6 Å². The number of nitrogens with zero attached hydrogens (tertiary/aromatic N) is 1. The zero-order chi connectivity index (χ0) is 28.2. The van der Waals surface area contributed by atoms with E-state index in [9.17, 15) is 32.7 Å². The number of carbonyl (C=O) groups excluding carboxylic acids is 1. The molecule has 2 atom stereocenters. The predicted molar refractivity (Wildman–Crippen MR) is 141 cm³/mol. The van der Waals surface area contributed by atoms with Gasteiger partial charge in [0.1, 0.15) is 10.7 Å². The number of ketones is 1. The number of alkyl halides is 2.